The number of hydrogen-bond acceptors (Lipinski definition) is 6. The van der Waals surface area contributed by atoms with E-state index in [1.54, 1.807) is 34.6 Å². The predicted molar refractivity (Wildman–Crippen MR) is 126 cm³/mol. The molecule has 5 N–H and O–H groups in total. The van der Waals surface area contributed by atoms with Gasteiger partial charge in [-0.25, -0.2) is 4.79 Å². The van der Waals surface area contributed by atoms with E-state index in [0.717, 1.165) is 16.7 Å². The molecule has 9 nitrogen and oxygen atoms in total. The number of ether oxygens (including phenoxy) is 1. The first kappa shape index (κ1) is 26.4. The first-order chi connectivity index (χ1) is 15.4. The van der Waals surface area contributed by atoms with Gasteiger partial charge in [0.05, 0.1) is 0 Å². The van der Waals surface area contributed by atoms with Crippen molar-refractivity contribution in [1.29, 1.82) is 0 Å². The zero-order valence-corrected chi connectivity index (χ0v) is 20.4. The zero-order chi connectivity index (χ0) is 24.8. The second-order valence-electron chi connectivity index (χ2n) is 9.62. The van der Waals surface area contributed by atoms with E-state index in [-0.39, 0.29) is 24.1 Å². The Bertz CT molecular complexity index is 842. The van der Waals surface area contributed by atoms with E-state index >= 15 is 0 Å². The van der Waals surface area contributed by atoms with E-state index in [0.29, 0.717) is 38.8 Å². The van der Waals surface area contributed by atoms with Gasteiger partial charge in [-0.15, -0.1) is 0 Å². The molecular formula is C24H38N4O5. The summed E-state index contributed by atoms with van der Waals surface area (Å²) in [5, 5.41) is 15.6. The third kappa shape index (κ3) is 7.63. The van der Waals surface area contributed by atoms with Crippen LogP contribution in [-0.4, -0.2) is 58.7 Å². The normalized spacial score (nSPS) is 16.9. The number of aromatic hydroxyl groups is 1. The minimum Gasteiger partial charge on any atom is -0.507 e. The maximum atomic E-state index is 13.0. The number of hydrogen-bond donors (Lipinski definition) is 4. The molecule has 2 atom stereocenters. The number of phenolic OH excluding ortho intramolecular Hbond substituents is 1. The van der Waals surface area contributed by atoms with Gasteiger partial charge in [0.2, 0.25) is 11.8 Å². The molecule has 1 aromatic carbocycles. The largest absolute Gasteiger partial charge is 0.507 e. The maximum absolute atomic E-state index is 13.0. The molecule has 0 saturated carbocycles. The number of benzene rings is 1. The van der Waals surface area contributed by atoms with Gasteiger partial charge in [-0.05, 0) is 83.5 Å². The molecule has 0 spiro atoms. The van der Waals surface area contributed by atoms with Crippen molar-refractivity contribution in [2.24, 2.45) is 5.73 Å². The first-order valence-corrected chi connectivity index (χ1v) is 11.5. The van der Waals surface area contributed by atoms with Crippen LogP contribution >= 0.6 is 0 Å². The summed E-state index contributed by atoms with van der Waals surface area (Å²) >= 11 is 0. The van der Waals surface area contributed by atoms with Crippen molar-refractivity contribution in [3.8, 4) is 5.75 Å². The molecule has 0 aliphatic carbocycles. The summed E-state index contributed by atoms with van der Waals surface area (Å²) in [6, 6.07) is 2.19. The molecule has 1 saturated heterocycles. The Morgan fingerprint density at radius 2 is 1.88 bits per heavy atom. The van der Waals surface area contributed by atoms with Crippen LogP contribution in [0, 0.1) is 13.8 Å². The fourth-order valence-corrected chi connectivity index (χ4v) is 3.90. The van der Waals surface area contributed by atoms with Crippen LogP contribution in [0.5, 0.6) is 5.75 Å². The highest BCUT2D eigenvalue weighted by Crippen LogP contribution is 2.23. The molecular weight excluding hydrogens is 424 g/mol. The summed E-state index contributed by atoms with van der Waals surface area (Å²) < 4.78 is 5.43. The number of phenols is 1. The topological polar surface area (TPSA) is 134 Å². The average molecular weight is 463 g/mol. The first-order valence-electron chi connectivity index (χ1n) is 11.5. The highest BCUT2D eigenvalue weighted by molar-refractivity contribution is 5.91. The van der Waals surface area contributed by atoms with Crippen LogP contribution in [0.3, 0.4) is 0 Å². The molecule has 1 aromatic rings. The van der Waals surface area contributed by atoms with E-state index < -0.39 is 23.8 Å². The quantitative estimate of drug-likeness (QED) is 0.468. The van der Waals surface area contributed by atoms with Gasteiger partial charge in [0.15, 0.2) is 0 Å². The van der Waals surface area contributed by atoms with Crippen molar-refractivity contribution < 1.29 is 24.2 Å². The minimum absolute atomic E-state index is 0.240. The lowest BCUT2D eigenvalue weighted by Crippen LogP contribution is -2.53. The van der Waals surface area contributed by atoms with E-state index in [2.05, 4.69) is 10.6 Å². The molecule has 9 heteroatoms. The van der Waals surface area contributed by atoms with E-state index in [1.807, 2.05) is 12.1 Å². The van der Waals surface area contributed by atoms with E-state index in [1.165, 1.54) is 4.90 Å². The van der Waals surface area contributed by atoms with Crippen molar-refractivity contribution in [3.05, 3.63) is 28.8 Å². The van der Waals surface area contributed by atoms with Crippen LogP contribution in [-0.2, 0) is 20.9 Å². The van der Waals surface area contributed by atoms with Gasteiger partial charge in [-0.3, -0.25) is 14.5 Å². The van der Waals surface area contributed by atoms with Crippen molar-refractivity contribution in [2.75, 3.05) is 13.1 Å². The summed E-state index contributed by atoms with van der Waals surface area (Å²) in [4.78, 5) is 39.8. The Hall–Kier alpha value is -2.81. The second-order valence-corrected chi connectivity index (χ2v) is 9.62. The molecule has 2 unspecified atom stereocenters. The van der Waals surface area contributed by atoms with Crippen LogP contribution in [0.1, 0.15) is 63.1 Å². The molecule has 3 amide bonds. The highest BCUT2D eigenvalue weighted by atomic mass is 16.6. The zero-order valence-electron chi connectivity index (χ0n) is 20.4. The van der Waals surface area contributed by atoms with Crippen molar-refractivity contribution in [2.45, 2.75) is 84.5 Å². The monoisotopic (exact) mass is 462 g/mol. The molecule has 0 bridgehead atoms. The molecule has 0 radical (unpaired) electrons. The fraction of sp³-hybridized carbons (Fsp3) is 0.625. The lowest BCUT2D eigenvalue weighted by atomic mass is 10.1. The van der Waals surface area contributed by atoms with Crippen molar-refractivity contribution in [1.82, 2.24) is 15.5 Å². The summed E-state index contributed by atoms with van der Waals surface area (Å²) in [5.74, 6) is -0.446. The van der Waals surface area contributed by atoms with Gasteiger partial charge in [-0.1, -0.05) is 12.1 Å². The molecule has 1 heterocycles. The van der Waals surface area contributed by atoms with Crippen molar-refractivity contribution in [3.63, 3.8) is 0 Å². The Kier molecular flexibility index (Phi) is 9.10. The van der Waals surface area contributed by atoms with E-state index in [4.69, 9.17) is 10.5 Å². The average Bonchev–Trinajstić information content (AvgIpc) is 3.22. The van der Waals surface area contributed by atoms with Gasteiger partial charge < -0.3 is 26.2 Å². The molecule has 184 valence electrons. The van der Waals surface area contributed by atoms with Crippen LogP contribution in [0.25, 0.3) is 0 Å². The Morgan fingerprint density at radius 1 is 1.24 bits per heavy atom. The van der Waals surface area contributed by atoms with Crippen LogP contribution in [0.15, 0.2) is 12.1 Å². The van der Waals surface area contributed by atoms with E-state index in [9.17, 15) is 19.5 Å². The van der Waals surface area contributed by atoms with Gasteiger partial charge in [0, 0.05) is 13.1 Å². The van der Waals surface area contributed by atoms with Gasteiger partial charge in [0.25, 0.3) is 0 Å². The Labute approximate surface area is 196 Å². The lowest BCUT2D eigenvalue weighted by Gasteiger charge is -2.29. The molecule has 1 aliphatic rings. The van der Waals surface area contributed by atoms with Crippen LogP contribution < -0.4 is 16.4 Å². The second kappa shape index (κ2) is 11.4. The summed E-state index contributed by atoms with van der Waals surface area (Å²) in [6.45, 7) is 10.0. The van der Waals surface area contributed by atoms with Crippen LogP contribution in [0.2, 0.25) is 0 Å². The maximum Gasteiger partial charge on any atom is 0.410 e. The third-order valence-corrected chi connectivity index (χ3v) is 5.53. The molecule has 0 aromatic heterocycles. The number of nitrogens with two attached hydrogens (primary N) is 1. The number of likely N-dealkylation sites (tertiary alicyclic amines) is 1. The van der Waals surface area contributed by atoms with Gasteiger partial charge in [0.1, 0.15) is 23.4 Å². The summed E-state index contributed by atoms with van der Waals surface area (Å²) in [5.41, 5.74) is 7.29. The smallest absolute Gasteiger partial charge is 0.410 e. The SMILES string of the molecule is Cc1cc(CNC(=O)C(CCCN)NC(=O)C2CCCN2C(=O)OC(C)(C)C)cc(C)c1O. The predicted octanol–water partition coefficient (Wildman–Crippen LogP) is 2.25. The number of carbonyl (C=O) groups is 3. The molecule has 1 aliphatic heterocycles. The standard InChI is InChI=1S/C24H38N4O5/c1-15-12-17(13-16(2)20(15)29)14-26-21(30)18(8-6-10-25)27-22(31)19-9-7-11-28(19)23(32)33-24(3,4)5/h12-13,18-19,29H,6-11,14,25H2,1-5H3,(H,26,30)(H,27,31). The number of rotatable bonds is 8. The number of carbonyl (C=O) groups excluding carboxylic acids is 3. The molecule has 2 rings (SSSR count). The van der Waals surface area contributed by atoms with Gasteiger partial charge >= 0.3 is 6.09 Å². The summed E-state index contributed by atoms with van der Waals surface area (Å²) in [7, 11) is 0. The van der Waals surface area contributed by atoms with Crippen LogP contribution in [0.4, 0.5) is 4.79 Å². The molecule has 33 heavy (non-hydrogen) atoms. The van der Waals surface area contributed by atoms with Gasteiger partial charge in [-0.2, -0.15) is 0 Å². The number of nitrogens with zero attached hydrogens (tertiary/aromatic N) is 1. The molecule has 1 fully saturated rings. The number of amides is 3. The van der Waals surface area contributed by atoms with Crippen molar-refractivity contribution >= 4 is 17.9 Å². The minimum atomic E-state index is -0.763. The Morgan fingerprint density at radius 3 is 2.45 bits per heavy atom. The number of nitrogens with one attached hydrogen (secondary N) is 2. The fourth-order valence-electron chi connectivity index (χ4n) is 3.90. The third-order valence-electron chi connectivity index (χ3n) is 5.53. The Balaban J connectivity index is 2.04. The number of aryl methyl sites for hydroxylation is 2. The summed E-state index contributed by atoms with van der Waals surface area (Å²) in [6.07, 6.45) is 1.64. The lowest BCUT2D eigenvalue weighted by molar-refractivity contribution is -0.131. The highest BCUT2D eigenvalue weighted by Gasteiger charge is 2.37.